The molecule has 8 heteroatoms. The molecule has 0 bridgehead atoms. The second-order valence-corrected chi connectivity index (χ2v) is 6.92. The zero-order valence-electron chi connectivity index (χ0n) is 14.0. The van der Waals surface area contributed by atoms with Crippen molar-refractivity contribution in [2.45, 2.75) is 37.6 Å². The van der Waals surface area contributed by atoms with E-state index >= 15 is 0 Å². The van der Waals surface area contributed by atoms with Crippen LogP contribution in [0.2, 0.25) is 5.02 Å². The third kappa shape index (κ3) is 3.82. The number of amides is 3. The van der Waals surface area contributed by atoms with E-state index in [2.05, 4.69) is 16.0 Å². The van der Waals surface area contributed by atoms with Crippen LogP contribution in [0.1, 0.15) is 37.7 Å². The number of ether oxygens (including phenoxy) is 1. The average Bonchev–Trinajstić information content (AvgIpc) is 2.57. The van der Waals surface area contributed by atoms with E-state index in [1.807, 2.05) is 6.07 Å². The predicted molar refractivity (Wildman–Crippen MR) is 95.9 cm³/mol. The first-order chi connectivity index (χ1) is 12.0. The van der Waals surface area contributed by atoms with Gasteiger partial charge in [-0.15, -0.1) is 0 Å². The van der Waals surface area contributed by atoms with Crippen LogP contribution in [0.3, 0.4) is 0 Å². The molecule has 0 aromatic heterocycles. The largest absolute Gasteiger partial charge is 0.492 e. The topological polar surface area (TPSA) is 105 Å². The summed E-state index contributed by atoms with van der Waals surface area (Å²) >= 11 is 6.34. The summed E-state index contributed by atoms with van der Waals surface area (Å²) in [5.41, 5.74) is 6.22. The van der Waals surface area contributed by atoms with Gasteiger partial charge in [0.25, 0.3) is 0 Å². The van der Waals surface area contributed by atoms with Crippen LogP contribution in [0.15, 0.2) is 12.1 Å². The van der Waals surface area contributed by atoms with Crippen LogP contribution in [0.25, 0.3) is 0 Å². The molecule has 1 saturated carbocycles. The van der Waals surface area contributed by atoms with Crippen LogP contribution in [0, 0.1) is 0 Å². The highest BCUT2D eigenvalue weighted by molar-refractivity contribution is 6.34. The number of urea groups is 1. The Bertz CT molecular complexity index is 674. The number of primary amides is 1. The normalized spacial score (nSPS) is 18.2. The van der Waals surface area contributed by atoms with E-state index in [-0.39, 0.29) is 12.6 Å². The highest BCUT2D eigenvalue weighted by atomic mass is 35.5. The Labute approximate surface area is 151 Å². The van der Waals surface area contributed by atoms with Gasteiger partial charge in [-0.25, -0.2) is 4.79 Å². The Hall–Kier alpha value is -1.99. The van der Waals surface area contributed by atoms with Gasteiger partial charge in [-0.3, -0.25) is 4.79 Å². The quantitative estimate of drug-likeness (QED) is 0.578. The smallest absolute Gasteiger partial charge is 0.319 e. The van der Waals surface area contributed by atoms with Gasteiger partial charge in [-0.05, 0) is 25.0 Å². The van der Waals surface area contributed by atoms with Crippen LogP contribution >= 0.6 is 11.6 Å². The highest BCUT2D eigenvalue weighted by Gasteiger charge is 2.43. The van der Waals surface area contributed by atoms with Gasteiger partial charge in [0.15, 0.2) is 0 Å². The average molecular weight is 367 g/mol. The molecule has 0 atom stereocenters. The van der Waals surface area contributed by atoms with Crippen molar-refractivity contribution in [3.05, 3.63) is 22.7 Å². The molecule has 0 unspecified atom stereocenters. The van der Waals surface area contributed by atoms with E-state index in [0.717, 1.165) is 37.7 Å². The zero-order chi connectivity index (χ0) is 17.9. The lowest BCUT2D eigenvalue weighted by Gasteiger charge is -2.43. The molecule has 1 heterocycles. The Morgan fingerprint density at radius 1 is 1.32 bits per heavy atom. The predicted octanol–water partition coefficient (Wildman–Crippen LogP) is 2.09. The van der Waals surface area contributed by atoms with Crippen molar-refractivity contribution in [2.24, 2.45) is 5.73 Å². The highest BCUT2D eigenvalue weighted by Crippen LogP contribution is 2.49. The summed E-state index contributed by atoms with van der Waals surface area (Å²) in [7, 11) is 0. The van der Waals surface area contributed by atoms with Crippen molar-refractivity contribution < 1.29 is 14.3 Å². The van der Waals surface area contributed by atoms with Crippen LogP contribution in [-0.2, 0) is 10.3 Å². The maximum Gasteiger partial charge on any atom is 0.319 e. The van der Waals surface area contributed by atoms with Crippen LogP contribution in [0.5, 0.6) is 5.75 Å². The molecule has 7 nitrogen and oxygen atoms in total. The lowest BCUT2D eigenvalue weighted by Crippen LogP contribution is -2.53. The number of nitrogens with one attached hydrogen (secondary N) is 3. The van der Waals surface area contributed by atoms with Gasteiger partial charge in [-0.2, -0.15) is 0 Å². The van der Waals surface area contributed by atoms with Gasteiger partial charge in [0, 0.05) is 12.1 Å². The number of carbonyl (C=O) groups excluding carboxylic acids is 2. The number of anilines is 1. The SMILES string of the molecule is NC(=O)CNCCOc1ccc(Cl)c2c1C1(CCCCC1)NC(=O)N2. The Morgan fingerprint density at radius 2 is 2.08 bits per heavy atom. The van der Waals surface area contributed by atoms with Crippen molar-refractivity contribution in [1.82, 2.24) is 10.6 Å². The Kier molecular flexibility index (Phi) is 5.34. The van der Waals surface area contributed by atoms with E-state index in [0.29, 0.717) is 29.6 Å². The van der Waals surface area contributed by atoms with Crippen molar-refractivity contribution >= 4 is 29.2 Å². The summed E-state index contributed by atoms with van der Waals surface area (Å²) < 4.78 is 5.94. The van der Waals surface area contributed by atoms with E-state index in [1.54, 1.807) is 6.07 Å². The first-order valence-electron chi connectivity index (χ1n) is 8.56. The van der Waals surface area contributed by atoms with E-state index in [1.165, 1.54) is 0 Å². The third-order valence-electron chi connectivity index (χ3n) is 4.73. The molecule has 1 aromatic carbocycles. The van der Waals surface area contributed by atoms with Crippen molar-refractivity contribution in [2.75, 3.05) is 25.0 Å². The molecule has 0 saturated heterocycles. The number of rotatable bonds is 6. The molecule has 5 N–H and O–H groups in total. The van der Waals surface area contributed by atoms with Crippen LogP contribution in [0.4, 0.5) is 10.5 Å². The summed E-state index contributed by atoms with van der Waals surface area (Å²) in [6.45, 7) is 0.988. The minimum Gasteiger partial charge on any atom is -0.492 e. The molecule has 136 valence electrons. The molecular weight excluding hydrogens is 344 g/mol. The molecule has 1 aliphatic carbocycles. The molecule has 1 fully saturated rings. The van der Waals surface area contributed by atoms with Crippen molar-refractivity contribution in [1.29, 1.82) is 0 Å². The standard InChI is InChI=1S/C17H23ClN4O3/c18-11-4-5-12(25-9-8-20-10-13(19)23)14-15(11)21-16(24)22-17(14)6-2-1-3-7-17/h4-5,20H,1-3,6-10H2,(H2,19,23)(H2,21,22,24). The van der Waals surface area contributed by atoms with Gasteiger partial charge >= 0.3 is 6.03 Å². The van der Waals surface area contributed by atoms with Gasteiger partial charge in [-0.1, -0.05) is 30.9 Å². The first-order valence-corrected chi connectivity index (χ1v) is 8.94. The monoisotopic (exact) mass is 366 g/mol. The van der Waals surface area contributed by atoms with Crippen LogP contribution < -0.4 is 26.4 Å². The fraction of sp³-hybridized carbons (Fsp3) is 0.529. The first kappa shape index (κ1) is 17.8. The third-order valence-corrected chi connectivity index (χ3v) is 5.04. The summed E-state index contributed by atoms with van der Waals surface area (Å²) in [5, 5.41) is 9.35. The number of hydrogen-bond acceptors (Lipinski definition) is 4. The maximum absolute atomic E-state index is 12.2. The fourth-order valence-corrected chi connectivity index (χ4v) is 3.88. The summed E-state index contributed by atoms with van der Waals surface area (Å²) in [6, 6.07) is 3.34. The molecule has 2 aliphatic rings. The molecule has 3 amide bonds. The number of benzene rings is 1. The van der Waals surface area contributed by atoms with Gasteiger partial charge in [0.2, 0.25) is 5.91 Å². The Balaban J connectivity index is 1.84. The number of nitrogens with two attached hydrogens (primary N) is 1. The molecule has 1 aliphatic heterocycles. The number of halogens is 1. The van der Waals surface area contributed by atoms with Crippen LogP contribution in [-0.4, -0.2) is 31.6 Å². The minimum absolute atomic E-state index is 0.115. The van der Waals surface area contributed by atoms with Crippen molar-refractivity contribution in [3.8, 4) is 5.75 Å². The maximum atomic E-state index is 12.2. The second kappa shape index (κ2) is 7.49. The number of hydrogen-bond donors (Lipinski definition) is 4. The summed E-state index contributed by atoms with van der Waals surface area (Å²) in [6.07, 6.45) is 4.99. The van der Waals surface area contributed by atoms with E-state index in [9.17, 15) is 9.59 Å². The fourth-order valence-electron chi connectivity index (χ4n) is 3.68. The molecule has 25 heavy (non-hydrogen) atoms. The number of carbonyl (C=O) groups is 2. The molecular formula is C17H23ClN4O3. The summed E-state index contributed by atoms with van der Waals surface area (Å²) in [5.74, 6) is 0.298. The lowest BCUT2D eigenvalue weighted by molar-refractivity contribution is -0.117. The lowest BCUT2D eigenvalue weighted by atomic mass is 9.74. The minimum atomic E-state index is -0.434. The van der Waals surface area contributed by atoms with Gasteiger partial charge in [0.05, 0.1) is 22.8 Å². The molecule has 0 radical (unpaired) electrons. The molecule has 1 aromatic rings. The molecule has 3 rings (SSSR count). The van der Waals surface area contributed by atoms with E-state index in [4.69, 9.17) is 22.1 Å². The number of fused-ring (bicyclic) bond motifs is 2. The van der Waals surface area contributed by atoms with Crippen molar-refractivity contribution in [3.63, 3.8) is 0 Å². The van der Waals surface area contributed by atoms with E-state index < -0.39 is 11.4 Å². The zero-order valence-corrected chi connectivity index (χ0v) is 14.7. The summed E-state index contributed by atoms with van der Waals surface area (Å²) in [4.78, 5) is 22.9. The Morgan fingerprint density at radius 3 is 2.80 bits per heavy atom. The second-order valence-electron chi connectivity index (χ2n) is 6.51. The molecule has 1 spiro atoms. The van der Waals surface area contributed by atoms with Gasteiger partial charge < -0.3 is 26.4 Å². The van der Waals surface area contributed by atoms with Gasteiger partial charge in [0.1, 0.15) is 12.4 Å².